The van der Waals surface area contributed by atoms with E-state index >= 15 is 0 Å². The van der Waals surface area contributed by atoms with Crippen LogP contribution in [0.2, 0.25) is 0 Å². The Labute approximate surface area is 119 Å². The van der Waals surface area contributed by atoms with Crippen LogP contribution in [0.15, 0.2) is 54.9 Å². The molecule has 2 aromatic heterocycles. The van der Waals surface area contributed by atoms with E-state index in [9.17, 15) is 0 Å². The fraction of sp³-hybridized carbons (Fsp3) is 0.235. The highest BCUT2D eigenvalue weighted by Crippen LogP contribution is 2.25. The molecule has 0 saturated heterocycles. The van der Waals surface area contributed by atoms with E-state index < -0.39 is 0 Å². The number of rotatable bonds is 4. The highest BCUT2D eigenvalue weighted by molar-refractivity contribution is 5.57. The van der Waals surface area contributed by atoms with Crippen molar-refractivity contribution in [1.82, 2.24) is 14.9 Å². The number of benzene rings is 1. The fourth-order valence-electron chi connectivity index (χ4n) is 2.62. The smallest absolute Gasteiger partial charge is 0.0712 e. The molecule has 2 heterocycles. The summed E-state index contributed by atoms with van der Waals surface area (Å²) in [6, 6.07) is 15.1. The molecule has 102 valence electrons. The van der Waals surface area contributed by atoms with Gasteiger partial charge in [0, 0.05) is 11.8 Å². The lowest BCUT2D eigenvalue weighted by Gasteiger charge is -2.16. The molecule has 0 aliphatic carbocycles. The van der Waals surface area contributed by atoms with Crippen LogP contribution in [-0.4, -0.2) is 16.7 Å². The Hall–Kier alpha value is -2.13. The normalized spacial score (nSPS) is 12.7. The summed E-state index contributed by atoms with van der Waals surface area (Å²) >= 11 is 0. The Balaban J connectivity index is 2.04. The van der Waals surface area contributed by atoms with Gasteiger partial charge in [-0.05, 0) is 36.7 Å². The maximum atomic E-state index is 4.42. The summed E-state index contributed by atoms with van der Waals surface area (Å²) < 4.78 is 1.92. The second-order valence-corrected chi connectivity index (χ2v) is 4.95. The Kier molecular flexibility index (Phi) is 3.52. The average Bonchev–Trinajstić information content (AvgIpc) is 2.93. The van der Waals surface area contributed by atoms with Crippen molar-refractivity contribution in [1.29, 1.82) is 0 Å². The largest absolute Gasteiger partial charge is 0.309 e. The van der Waals surface area contributed by atoms with E-state index in [1.807, 2.05) is 36.1 Å². The highest BCUT2D eigenvalue weighted by atomic mass is 15.2. The number of hydrogen-bond acceptors (Lipinski definition) is 2. The number of hydrogen-bond donors (Lipinski definition) is 1. The van der Waals surface area contributed by atoms with Crippen molar-refractivity contribution < 1.29 is 0 Å². The summed E-state index contributed by atoms with van der Waals surface area (Å²) in [5.41, 5.74) is 4.98. The molecule has 0 saturated carbocycles. The topological polar surface area (TPSA) is 29.3 Å². The maximum Gasteiger partial charge on any atom is 0.0712 e. The van der Waals surface area contributed by atoms with Gasteiger partial charge < -0.3 is 5.32 Å². The molecule has 1 N–H and O–H groups in total. The second-order valence-electron chi connectivity index (χ2n) is 4.95. The maximum absolute atomic E-state index is 4.42. The van der Waals surface area contributed by atoms with Crippen molar-refractivity contribution in [2.75, 3.05) is 7.05 Å². The molecule has 0 fully saturated rings. The van der Waals surface area contributed by atoms with Crippen molar-refractivity contribution in [3.05, 3.63) is 71.5 Å². The van der Waals surface area contributed by atoms with Crippen molar-refractivity contribution >= 4 is 5.52 Å². The minimum absolute atomic E-state index is 0.167. The molecule has 3 nitrogen and oxygen atoms in total. The van der Waals surface area contributed by atoms with E-state index in [0.717, 1.165) is 11.9 Å². The predicted octanol–water partition coefficient (Wildman–Crippen LogP) is 3.21. The molecule has 3 heteroatoms. The lowest BCUT2D eigenvalue weighted by atomic mass is 9.98. The Morgan fingerprint density at radius 3 is 2.65 bits per heavy atom. The van der Waals surface area contributed by atoms with Crippen LogP contribution in [0, 0.1) is 0 Å². The zero-order chi connectivity index (χ0) is 13.9. The minimum atomic E-state index is 0.167. The molecule has 3 rings (SSSR count). The molecule has 20 heavy (non-hydrogen) atoms. The molecule has 0 bridgehead atoms. The molecule has 0 radical (unpaired) electrons. The molecule has 1 atom stereocenters. The molecular formula is C17H19N3. The molecule has 0 aliphatic rings. The van der Waals surface area contributed by atoms with Crippen molar-refractivity contribution in [2.24, 2.45) is 0 Å². The summed E-state index contributed by atoms with van der Waals surface area (Å²) in [7, 11) is 1.99. The van der Waals surface area contributed by atoms with E-state index in [2.05, 4.69) is 47.7 Å². The number of fused-ring (bicyclic) bond motifs is 1. The number of aromatic nitrogens is 2. The third-order valence-corrected chi connectivity index (χ3v) is 3.78. The van der Waals surface area contributed by atoms with Crippen LogP contribution in [-0.2, 0) is 6.42 Å². The molecule has 3 aromatic rings. The van der Waals surface area contributed by atoms with Gasteiger partial charge in [-0.3, -0.25) is 0 Å². The van der Waals surface area contributed by atoms with Gasteiger partial charge in [-0.1, -0.05) is 37.3 Å². The van der Waals surface area contributed by atoms with Crippen molar-refractivity contribution in [2.45, 2.75) is 19.4 Å². The van der Waals surface area contributed by atoms with E-state index in [4.69, 9.17) is 0 Å². The summed E-state index contributed by atoms with van der Waals surface area (Å²) in [5, 5.41) is 7.82. The van der Waals surface area contributed by atoms with Crippen LogP contribution >= 0.6 is 0 Å². The van der Waals surface area contributed by atoms with Gasteiger partial charge in [-0.15, -0.1) is 0 Å². The second kappa shape index (κ2) is 5.47. The zero-order valence-electron chi connectivity index (χ0n) is 11.9. The molecule has 0 aliphatic heterocycles. The molecule has 0 amide bonds. The van der Waals surface area contributed by atoms with E-state index in [0.29, 0.717) is 0 Å². The summed E-state index contributed by atoms with van der Waals surface area (Å²) in [5.74, 6) is 0. The number of aryl methyl sites for hydroxylation is 1. The third-order valence-electron chi connectivity index (χ3n) is 3.78. The van der Waals surface area contributed by atoms with Crippen molar-refractivity contribution in [3.8, 4) is 0 Å². The van der Waals surface area contributed by atoms with Crippen LogP contribution in [0.25, 0.3) is 5.52 Å². The van der Waals surface area contributed by atoms with E-state index in [1.165, 1.54) is 16.7 Å². The first-order chi connectivity index (χ1) is 9.83. The summed E-state index contributed by atoms with van der Waals surface area (Å²) in [6.07, 6.45) is 5.00. The monoisotopic (exact) mass is 265 g/mol. The number of nitrogens with zero attached hydrogens (tertiary/aromatic N) is 2. The lowest BCUT2D eigenvalue weighted by molar-refractivity contribution is 0.696. The Morgan fingerprint density at radius 1 is 1.15 bits per heavy atom. The van der Waals surface area contributed by atoms with Gasteiger partial charge in [-0.2, -0.15) is 5.10 Å². The molecule has 1 unspecified atom stereocenters. The first-order valence-electron chi connectivity index (χ1n) is 7.02. The Morgan fingerprint density at radius 2 is 1.95 bits per heavy atom. The van der Waals surface area contributed by atoms with Crippen LogP contribution in [0.1, 0.15) is 29.7 Å². The number of nitrogens with one attached hydrogen (secondary N) is 1. The predicted molar refractivity (Wildman–Crippen MR) is 81.9 cm³/mol. The lowest BCUT2D eigenvalue weighted by Crippen LogP contribution is -2.17. The molecular weight excluding hydrogens is 246 g/mol. The average molecular weight is 265 g/mol. The van der Waals surface area contributed by atoms with E-state index in [-0.39, 0.29) is 6.04 Å². The third kappa shape index (κ3) is 2.21. The fourth-order valence-corrected chi connectivity index (χ4v) is 2.62. The van der Waals surface area contributed by atoms with Gasteiger partial charge in [-0.25, -0.2) is 4.52 Å². The van der Waals surface area contributed by atoms with Crippen LogP contribution in [0.5, 0.6) is 0 Å². The zero-order valence-corrected chi connectivity index (χ0v) is 11.9. The first kappa shape index (κ1) is 12.9. The van der Waals surface area contributed by atoms with Crippen LogP contribution < -0.4 is 5.32 Å². The molecule has 0 spiro atoms. The quantitative estimate of drug-likeness (QED) is 0.785. The van der Waals surface area contributed by atoms with Crippen LogP contribution in [0.4, 0.5) is 0 Å². The minimum Gasteiger partial charge on any atom is -0.309 e. The van der Waals surface area contributed by atoms with Gasteiger partial charge in [0.15, 0.2) is 0 Å². The van der Waals surface area contributed by atoms with Crippen molar-refractivity contribution in [3.63, 3.8) is 0 Å². The van der Waals surface area contributed by atoms with E-state index in [1.54, 1.807) is 0 Å². The summed E-state index contributed by atoms with van der Waals surface area (Å²) in [6.45, 7) is 2.18. The van der Waals surface area contributed by atoms with Gasteiger partial charge >= 0.3 is 0 Å². The van der Waals surface area contributed by atoms with Gasteiger partial charge in [0.25, 0.3) is 0 Å². The standard InChI is InChI=1S/C17H19N3/c1-3-13-7-9-14(10-8-13)17(18-2)15-12-19-20-11-5-4-6-16(15)20/h4-12,17-18H,3H2,1-2H3. The SMILES string of the molecule is CCc1ccc(C(NC)c2cnn3ccccc23)cc1. The molecule has 1 aromatic carbocycles. The van der Waals surface area contributed by atoms with Crippen LogP contribution in [0.3, 0.4) is 0 Å². The van der Waals surface area contributed by atoms with Gasteiger partial charge in [0.2, 0.25) is 0 Å². The Bertz CT molecular complexity index is 698. The highest BCUT2D eigenvalue weighted by Gasteiger charge is 2.16. The van der Waals surface area contributed by atoms with Gasteiger partial charge in [0.05, 0.1) is 17.8 Å². The number of pyridine rings is 1. The summed E-state index contributed by atoms with van der Waals surface area (Å²) in [4.78, 5) is 0. The van der Waals surface area contributed by atoms with Gasteiger partial charge in [0.1, 0.15) is 0 Å². The first-order valence-corrected chi connectivity index (χ1v) is 7.02.